The number of allylic oxidation sites excluding steroid dienone is 2. The normalized spacial score (nSPS) is 15.8. The molecule has 0 bridgehead atoms. The third-order valence-electron chi connectivity index (χ3n) is 4.78. The lowest BCUT2D eigenvalue weighted by Crippen LogP contribution is -2.55. The molecule has 1 saturated heterocycles. The van der Waals surface area contributed by atoms with E-state index in [1.54, 1.807) is 12.2 Å². The van der Waals surface area contributed by atoms with Crippen molar-refractivity contribution in [1.29, 1.82) is 0 Å². The molecule has 0 aliphatic carbocycles. The van der Waals surface area contributed by atoms with E-state index in [0.717, 1.165) is 21.1 Å². The van der Waals surface area contributed by atoms with Crippen molar-refractivity contribution in [2.45, 2.75) is 0 Å². The minimum absolute atomic E-state index is 0.0177. The molecule has 4 amide bonds. The number of hydrogen-bond donors (Lipinski definition) is 1. The number of carbonyl (C=O) groups excluding carboxylic acids is 3. The van der Waals surface area contributed by atoms with Gasteiger partial charge in [0.2, 0.25) is 0 Å². The lowest BCUT2D eigenvalue weighted by molar-refractivity contribution is -0.128. The fraction of sp³-hybridized carbons (Fsp3) is 0.130. The smallest absolute Gasteiger partial charge is 0.338 e. The number of carboxylic acid groups (broad SMARTS) is 1. The summed E-state index contributed by atoms with van der Waals surface area (Å²) in [5, 5.41) is 9.02. The minimum atomic E-state index is -1.13. The van der Waals surface area contributed by atoms with Crippen molar-refractivity contribution in [3.63, 3.8) is 0 Å². The molecule has 2 aromatic carbocycles. The summed E-state index contributed by atoms with van der Waals surface area (Å²) in [7, 11) is 5.16. The monoisotopic (exact) mass is 419 g/mol. The molecule has 0 spiro atoms. The van der Waals surface area contributed by atoms with Crippen LogP contribution in [0.15, 0.2) is 66.3 Å². The summed E-state index contributed by atoms with van der Waals surface area (Å²) in [6, 6.07) is 12.2. The highest BCUT2D eigenvalue weighted by Gasteiger charge is 2.40. The van der Waals surface area contributed by atoms with Crippen molar-refractivity contribution in [2.75, 3.05) is 30.9 Å². The van der Waals surface area contributed by atoms with Crippen LogP contribution in [0.1, 0.15) is 15.9 Å². The molecule has 0 unspecified atom stereocenters. The van der Waals surface area contributed by atoms with Gasteiger partial charge >= 0.3 is 12.0 Å². The number of nitrogens with zero attached hydrogens (tertiary/aromatic N) is 3. The Balaban J connectivity index is 1.88. The maximum atomic E-state index is 12.9. The number of urea groups is 1. The Morgan fingerprint density at radius 1 is 0.935 bits per heavy atom. The number of anilines is 2. The molecule has 1 N–H and O–H groups in total. The SMILES string of the molecule is CN1C(=O)C(=CC=Cc2ccc(N(C)C)cc2)C(=O)N(c2ccc(C(=O)O)cc2)C1=O. The molecule has 1 fully saturated rings. The van der Waals surface area contributed by atoms with Crippen LogP contribution in [0.25, 0.3) is 6.08 Å². The Hall–Kier alpha value is -4.20. The number of amides is 4. The Morgan fingerprint density at radius 2 is 1.55 bits per heavy atom. The van der Waals surface area contributed by atoms with Gasteiger partial charge in [0.25, 0.3) is 11.8 Å². The highest BCUT2D eigenvalue weighted by Crippen LogP contribution is 2.24. The number of hydrogen-bond acceptors (Lipinski definition) is 5. The highest BCUT2D eigenvalue weighted by atomic mass is 16.4. The lowest BCUT2D eigenvalue weighted by atomic mass is 10.1. The second-order valence-electron chi connectivity index (χ2n) is 7.06. The van der Waals surface area contributed by atoms with E-state index in [4.69, 9.17) is 5.11 Å². The predicted molar refractivity (Wildman–Crippen MR) is 117 cm³/mol. The number of carboxylic acids is 1. The second-order valence-corrected chi connectivity index (χ2v) is 7.06. The van der Waals surface area contributed by atoms with Gasteiger partial charge in [-0.1, -0.05) is 24.3 Å². The maximum absolute atomic E-state index is 12.9. The highest BCUT2D eigenvalue weighted by molar-refractivity contribution is 6.37. The zero-order valence-electron chi connectivity index (χ0n) is 17.3. The molecule has 31 heavy (non-hydrogen) atoms. The summed E-state index contributed by atoms with van der Waals surface area (Å²) in [5.74, 6) is -2.61. The van der Waals surface area contributed by atoms with Crippen LogP contribution in [-0.4, -0.2) is 55.0 Å². The molecular formula is C23H21N3O5. The number of barbiturate groups is 1. The van der Waals surface area contributed by atoms with Gasteiger partial charge < -0.3 is 10.0 Å². The van der Waals surface area contributed by atoms with Crippen LogP contribution in [0.3, 0.4) is 0 Å². The Morgan fingerprint density at radius 3 is 2.10 bits per heavy atom. The third-order valence-corrected chi connectivity index (χ3v) is 4.78. The number of rotatable bonds is 5. The van der Waals surface area contributed by atoms with Gasteiger partial charge in [-0.2, -0.15) is 0 Å². The van der Waals surface area contributed by atoms with Crippen LogP contribution in [0.5, 0.6) is 0 Å². The molecule has 3 rings (SSSR count). The number of likely N-dealkylation sites (N-methyl/N-ethyl adjacent to an activating group) is 1. The van der Waals surface area contributed by atoms with E-state index in [1.807, 2.05) is 43.3 Å². The average Bonchev–Trinajstić information content (AvgIpc) is 2.75. The van der Waals surface area contributed by atoms with Gasteiger partial charge in [-0.05, 0) is 48.0 Å². The minimum Gasteiger partial charge on any atom is -0.478 e. The van der Waals surface area contributed by atoms with Gasteiger partial charge in [-0.3, -0.25) is 14.5 Å². The molecule has 1 heterocycles. The van der Waals surface area contributed by atoms with Gasteiger partial charge in [0.15, 0.2) is 0 Å². The van der Waals surface area contributed by atoms with Crippen molar-refractivity contribution >= 4 is 41.3 Å². The lowest BCUT2D eigenvalue weighted by Gasteiger charge is -2.31. The topological polar surface area (TPSA) is 98.2 Å². The van der Waals surface area contributed by atoms with E-state index in [1.165, 1.54) is 37.4 Å². The van der Waals surface area contributed by atoms with Crippen molar-refractivity contribution in [3.05, 3.63) is 77.4 Å². The van der Waals surface area contributed by atoms with E-state index < -0.39 is 23.8 Å². The number of imide groups is 2. The molecule has 0 atom stereocenters. The first-order valence-corrected chi connectivity index (χ1v) is 9.36. The largest absolute Gasteiger partial charge is 0.478 e. The zero-order chi connectivity index (χ0) is 22.7. The van der Waals surface area contributed by atoms with Crippen molar-refractivity contribution < 1.29 is 24.3 Å². The van der Waals surface area contributed by atoms with Gasteiger partial charge in [0.1, 0.15) is 5.57 Å². The van der Waals surface area contributed by atoms with Gasteiger partial charge in [-0.25, -0.2) is 14.5 Å². The first kappa shape index (κ1) is 21.5. The fourth-order valence-electron chi connectivity index (χ4n) is 2.98. The van der Waals surface area contributed by atoms with Crippen LogP contribution in [-0.2, 0) is 9.59 Å². The molecule has 8 nitrogen and oxygen atoms in total. The van der Waals surface area contributed by atoms with E-state index in [0.29, 0.717) is 0 Å². The van der Waals surface area contributed by atoms with Crippen LogP contribution in [0, 0.1) is 0 Å². The molecule has 2 aromatic rings. The Labute approximate surface area is 179 Å². The quantitative estimate of drug-likeness (QED) is 0.591. The van der Waals surface area contributed by atoms with Gasteiger partial charge in [0.05, 0.1) is 11.3 Å². The molecule has 0 aromatic heterocycles. The number of aromatic carboxylic acids is 1. The summed E-state index contributed by atoms with van der Waals surface area (Å²) >= 11 is 0. The molecule has 8 heteroatoms. The van der Waals surface area contributed by atoms with Crippen LogP contribution < -0.4 is 9.80 Å². The average molecular weight is 419 g/mol. The van der Waals surface area contributed by atoms with Crippen molar-refractivity contribution in [1.82, 2.24) is 4.90 Å². The first-order chi connectivity index (χ1) is 14.7. The van der Waals surface area contributed by atoms with Crippen molar-refractivity contribution in [2.24, 2.45) is 0 Å². The molecule has 1 aliphatic heterocycles. The molecular weight excluding hydrogens is 398 g/mol. The Kier molecular flexibility index (Phi) is 6.01. The van der Waals surface area contributed by atoms with Crippen LogP contribution in [0.4, 0.5) is 16.2 Å². The van der Waals surface area contributed by atoms with Gasteiger partial charge in [-0.15, -0.1) is 0 Å². The Bertz CT molecular complexity index is 1100. The molecule has 1 aliphatic rings. The molecule has 0 saturated carbocycles. The summed E-state index contributed by atoms with van der Waals surface area (Å²) in [5.41, 5.74) is 1.93. The van der Waals surface area contributed by atoms with Crippen LogP contribution in [0.2, 0.25) is 0 Å². The number of benzene rings is 2. The van der Waals surface area contributed by atoms with Crippen molar-refractivity contribution in [3.8, 4) is 0 Å². The second kappa shape index (κ2) is 8.66. The fourth-order valence-corrected chi connectivity index (χ4v) is 2.98. The van der Waals surface area contributed by atoms with Gasteiger partial charge in [0, 0.05) is 26.8 Å². The summed E-state index contributed by atoms with van der Waals surface area (Å²) in [6.07, 6.45) is 4.69. The van der Waals surface area contributed by atoms with E-state index in [2.05, 4.69) is 0 Å². The first-order valence-electron chi connectivity index (χ1n) is 9.36. The summed E-state index contributed by atoms with van der Waals surface area (Å²) in [4.78, 5) is 52.6. The van der Waals surface area contributed by atoms with E-state index >= 15 is 0 Å². The van der Waals surface area contributed by atoms with E-state index in [9.17, 15) is 19.2 Å². The molecule has 158 valence electrons. The summed E-state index contributed by atoms with van der Waals surface area (Å²) < 4.78 is 0. The van der Waals surface area contributed by atoms with Crippen LogP contribution >= 0.6 is 0 Å². The zero-order valence-corrected chi connectivity index (χ0v) is 17.3. The number of carbonyl (C=O) groups is 4. The standard InChI is InChI=1S/C23H21N3O5/c1-24(2)17-11-7-15(8-12-17)5-4-6-19-20(27)25(3)23(31)26(21(19)28)18-13-9-16(10-14-18)22(29)30/h4-14H,1-3H3,(H,29,30). The van der Waals surface area contributed by atoms with E-state index in [-0.39, 0.29) is 16.8 Å². The summed E-state index contributed by atoms with van der Waals surface area (Å²) in [6.45, 7) is 0. The maximum Gasteiger partial charge on any atom is 0.338 e. The third kappa shape index (κ3) is 4.37. The predicted octanol–water partition coefficient (Wildman–Crippen LogP) is 3.02. The molecule has 0 radical (unpaired) electrons.